The highest BCUT2D eigenvalue weighted by Crippen LogP contribution is 2.55. The summed E-state index contributed by atoms with van der Waals surface area (Å²) in [5, 5.41) is 3.30. The van der Waals surface area contributed by atoms with Crippen molar-refractivity contribution in [1.82, 2.24) is 5.32 Å². The van der Waals surface area contributed by atoms with Crippen LogP contribution in [0, 0.1) is 17.8 Å². The quantitative estimate of drug-likeness (QED) is 0.687. The Balaban J connectivity index is 1.44. The Morgan fingerprint density at radius 1 is 0.969 bits per heavy atom. The third-order valence-corrected chi connectivity index (χ3v) is 9.19. The number of amides is 1. The Kier molecular flexibility index (Phi) is 5.40. The SMILES string of the molecule is COc1ccccc1N(CC(=O)NC12CC3CC(CC(C3)C1)C2)S(=O)(=O)c1ccccc1. The summed E-state index contributed by atoms with van der Waals surface area (Å²) in [6.07, 6.45) is 6.90. The van der Waals surface area contributed by atoms with Crippen molar-refractivity contribution in [2.75, 3.05) is 18.0 Å². The molecule has 0 aromatic heterocycles. The lowest BCUT2D eigenvalue weighted by Crippen LogP contribution is -2.61. The number of methoxy groups -OCH3 is 1. The summed E-state index contributed by atoms with van der Waals surface area (Å²) in [7, 11) is -2.45. The van der Waals surface area contributed by atoms with E-state index in [9.17, 15) is 13.2 Å². The minimum atomic E-state index is -3.96. The second kappa shape index (κ2) is 8.10. The average Bonchev–Trinajstić information content (AvgIpc) is 2.76. The number of para-hydroxylation sites is 2. The first-order chi connectivity index (χ1) is 15.4. The van der Waals surface area contributed by atoms with Crippen LogP contribution in [0.4, 0.5) is 5.69 Å². The maximum Gasteiger partial charge on any atom is 0.264 e. The van der Waals surface area contributed by atoms with E-state index < -0.39 is 10.0 Å². The van der Waals surface area contributed by atoms with Gasteiger partial charge in [-0.1, -0.05) is 30.3 Å². The van der Waals surface area contributed by atoms with Gasteiger partial charge in [0.15, 0.2) is 0 Å². The van der Waals surface area contributed by atoms with Gasteiger partial charge in [-0.3, -0.25) is 9.10 Å². The number of rotatable bonds is 7. The molecule has 1 N–H and O–H groups in total. The maximum absolute atomic E-state index is 13.6. The van der Waals surface area contributed by atoms with Crippen LogP contribution in [0.15, 0.2) is 59.5 Å². The smallest absolute Gasteiger partial charge is 0.264 e. The minimum absolute atomic E-state index is 0.147. The van der Waals surface area contributed by atoms with E-state index >= 15 is 0 Å². The molecule has 0 atom stereocenters. The number of carbonyl (C=O) groups is 1. The molecule has 4 fully saturated rings. The van der Waals surface area contributed by atoms with Gasteiger partial charge in [0.25, 0.3) is 10.0 Å². The number of benzene rings is 2. The van der Waals surface area contributed by atoms with Crippen LogP contribution in [0.2, 0.25) is 0 Å². The van der Waals surface area contributed by atoms with Crippen molar-refractivity contribution in [2.45, 2.75) is 49.0 Å². The van der Waals surface area contributed by atoms with Crippen molar-refractivity contribution < 1.29 is 17.9 Å². The molecule has 0 heterocycles. The van der Waals surface area contributed by atoms with E-state index in [1.165, 1.54) is 30.7 Å². The summed E-state index contributed by atoms with van der Waals surface area (Å²) < 4.78 is 33.8. The zero-order valence-electron chi connectivity index (χ0n) is 18.4. The van der Waals surface area contributed by atoms with Gasteiger partial charge in [-0.25, -0.2) is 8.42 Å². The zero-order chi connectivity index (χ0) is 22.3. The van der Waals surface area contributed by atoms with Crippen LogP contribution >= 0.6 is 0 Å². The molecule has 0 unspecified atom stereocenters. The second-order valence-electron chi connectivity index (χ2n) is 9.74. The van der Waals surface area contributed by atoms with Crippen molar-refractivity contribution in [2.24, 2.45) is 17.8 Å². The van der Waals surface area contributed by atoms with E-state index in [0.29, 0.717) is 29.2 Å². The third-order valence-electron chi connectivity index (χ3n) is 7.42. The number of hydrogen-bond acceptors (Lipinski definition) is 4. The van der Waals surface area contributed by atoms with E-state index in [1.54, 1.807) is 54.6 Å². The third kappa shape index (κ3) is 3.87. The molecular formula is C25H30N2O4S. The van der Waals surface area contributed by atoms with Crippen LogP contribution < -0.4 is 14.4 Å². The predicted molar refractivity (Wildman–Crippen MR) is 123 cm³/mol. The van der Waals surface area contributed by atoms with Crippen LogP contribution in [-0.4, -0.2) is 33.5 Å². The van der Waals surface area contributed by atoms with Crippen molar-refractivity contribution in [1.29, 1.82) is 0 Å². The van der Waals surface area contributed by atoms with E-state index in [2.05, 4.69) is 5.32 Å². The number of ether oxygens (including phenoxy) is 1. The molecule has 0 spiro atoms. The molecule has 4 aliphatic rings. The molecule has 6 nitrogen and oxygen atoms in total. The van der Waals surface area contributed by atoms with Crippen molar-refractivity contribution in [3.05, 3.63) is 54.6 Å². The Labute approximate surface area is 190 Å². The van der Waals surface area contributed by atoms with E-state index in [1.807, 2.05) is 0 Å². The lowest BCUT2D eigenvalue weighted by atomic mass is 9.53. The summed E-state index contributed by atoms with van der Waals surface area (Å²) >= 11 is 0. The number of anilines is 1. The number of nitrogens with one attached hydrogen (secondary N) is 1. The van der Waals surface area contributed by atoms with Gasteiger partial charge >= 0.3 is 0 Å². The lowest BCUT2D eigenvalue weighted by Gasteiger charge is -2.57. The monoisotopic (exact) mass is 454 g/mol. The molecule has 170 valence electrons. The topological polar surface area (TPSA) is 75.7 Å². The molecule has 0 radical (unpaired) electrons. The van der Waals surface area contributed by atoms with Gasteiger partial charge in [-0.05, 0) is 80.5 Å². The summed E-state index contributed by atoms with van der Waals surface area (Å²) in [6.45, 7) is -0.278. The van der Waals surface area contributed by atoms with Gasteiger partial charge < -0.3 is 10.1 Å². The van der Waals surface area contributed by atoms with E-state index in [-0.39, 0.29) is 22.9 Å². The molecule has 2 aromatic carbocycles. The van der Waals surface area contributed by atoms with Crippen LogP contribution in [0.5, 0.6) is 5.75 Å². The molecule has 4 aliphatic carbocycles. The summed E-state index contributed by atoms with van der Waals surface area (Å²) in [5.41, 5.74) is 0.189. The van der Waals surface area contributed by atoms with E-state index in [4.69, 9.17) is 4.74 Å². The molecule has 0 saturated heterocycles. The number of nitrogens with zero attached hydrogens (tertiary/aromatic N) is 1. The van der Waals surface area contributed by atoms with Gasteiger partial charge in [0.2, 0.25) is 5.91 Å². The summed E-state index contributed by atoms with van der Waals surface area (Å²) in [4.78, 5) is 13.5. The van der Waals surface area contributed by atoms with Crippen LogP contribution in [0.1, 0.15) is 38.5 Å². The van der Waals surface area contributed by atoms with Crippen molar-refractivity contribution in [3.8, 4) is 5.75 Å². The first kappa shape index (κ1) is 21.3. The fourth-order valence-corrected chi connectivity index (χ4v) is 8.04. The summed E-state index contributed by atoms with van der Waals surface area (Å²) in [5.74, 6) is 2.24. The first-order valence-electron chi connectivity index (χ1n) is 11.4. The van der Waals surface area contributed by atoms with Crippen molar-refractivity contribution >= 4 is 21.6 Å². The maximum atomic E-state index is 13.6. The highest BCUT2D eigenvalue weighted by Gasteiger charge is 2.51. The number of hydrogen-bond donors (Lipinski definition) is 1. The highest BCUT2D eigenvalue weighted by molar-refractivity contribution is 7.92. The van der Waals surface area contributed by atoms with Crippen LogP contribution in [0.3, 0.4) is 0 Å². The largest absolute Gasteiger partial charge is 0.495 e. The molecule has 4 bridgehead atoms. The lowest BCUT2D eigenvalue weighted by molar-refractivity contribution is -0.125. The Hall–Kier alpha value is -2.54. The first-order valence-corrected chi connectivity index (χ1v) is 12.8. The van der Waals surface area contributed by atoms with E-state index in [0.717, 1.165) is 19.3 Å². The van der Waals surface area contributed by atoms with Gasteiger partial charge in [-0.15, -0.1) is 0 Å². The molecule has 6 rings (SSSR count). The fourth-order valence-electron chi connectivity index (χ4n) is 6.58. The highest BCUT2D eigenvalue weighted by atomic mass is 32.2. The number of carbonyl (C=O) groups excluding carboxylic acids is 1. The second-order valence-corrected chi connectivity index (χ2v) is 11.6. The van der Waals surface area contributed by atoms with Crippen molar-refractivity contribution in [3.63, 3.8) is 0 Å². The fraction of sp³-hybridized carbons (Fsp3) is 0.480. The zero-order valence-corrected chi connectivity index (χ0v) is 19.2. The molecule has 4 saturated carbocycles. The standard InChI is InChI=1S/C25H30N2O4S/c1-31-23-10-6-5-9-22(23)27(32(29,30)21-7-3-2-4-8-21)17-24(28)26-25-14-18-11-19(15-25)13-20(12-18)16-25/h2-10,18-20H,11-17H2,1H3,(H,26,28). The Morgan fingerprint density at radius 3 is 2.12 bits per heavy atom. The summed E-state index contributed by atoms with van der Waals surface area (Å²) in [6, 6.07) is 15.2. The molecular weight excluding hydrogens is 424 g/mol. The molecule has 7 heteroatoms. The minimum Gasteiger partial charge on any atom is -0.495 e. The molecule has 2 aromatic rings. The molecule has 1 amide bonds. The van der Waals surface area contributed by atoms with Crippen LogP contribution in [-0.2, 0) is 14.8 Å². The number of sulfonamides is 1. The average molecular weight is 455 g/mol. The van der Waals surface area contributed by atoms with Gasteiger partial charge in [0.1, 0.15) is 12.3 Å². The van der Waals surface area contributed by atoms with Gasteiger partial charge in [0.05, 0.1) is 17.7 Å². The van der Waals surface area contributed by atoms with Gasteiger partial charge in [0, 0.05) is 5.54 Å². The predicted octanol–water partition coefficient (Wildman–Crippen LogP) is 3.98. The van der Waals surface area contributed by atoms with Crippen LogP contribution in [0.25, 0.3) is 0 Å². The Morgan fingerprint density at radius 2 is 1.53 bits per heavy atom. The normalized spacial score (nSPS) is 28.3. The molecule has 0 aliphatic heterocycles. The van der Waals surface area contributed by atoms with Gasteiger partial charge in [-0.2, -0.15) is 0 Å². The molecule has 32 heavy (non-hydrogen) atoms. The Bertz CT molecular complexity index is 1060.